The SMILES string of the molecule is NC1CC1COc1ccc(F)cc1F. The minimum atomic E-state index is -0.667. The number of rotatable bonds is 3. The molecule has 1 aromatic rings. The van der Waals surface area contributed by atoms with E-state index >= 15 is 0 Å². The quantitative estimate of drug-likeness (QED) is 0.804. The third-order valence-electron chi connectivity index (χ3n) is 2.32. The van der Waals surface area contributed by atoms with Crippen molar-refractivity contribution >= 4 is 0 Å². The highest BCUT2D eigenvalue weighted by Gasteiger charge is 2.34. The van der Waals surface area contributed by atoms with Gasteiger partial charge in [-0.05, 0) is 18.6 Å². The molecule has 0 amide bonds. The largest absolute Gasteiger partial charge is 0.490 e. The van der Waals surface area contributed by atoms with Crippen LogP contribution >= 0.6 is 0 Å². The standard InChI is InChI=1S/C10H11F2NO/c11-7-1-2-10(8(12)4-7)14-5-6-3-9(6)13/h1-2,4,6,9H,3,5,13H2. The Morgan fingerprint density at radius 1 is 1.43 bits per heavy atom. The lowest BCUT2D eigenvalue weighted by Crippen LogP contribution is -2.09. The van der Waals surface area contributed by atoms with Crippen LogP contribution in [0.2, 0.25) is 0 Å². The normalized spacial score (nSPS) is 24.8. The van der Waals surface area contributed by atoms with E-state index in [1.807, 2.05) is 0 Å². The van der Waals surface area contributed by atoms with Gasteiger partial charge in [0.25, 0.3) is 0 Å². The van der Waals surface area contributed by atoms with Crippen molar-refractivity contribution in [3.8, 4) is 5.75 Å². The van der Waals surface area contributed by atoms with Crippen LogP contribution in [0.4, 0.5) is 8.78 Å². The van der Waals surface area contributed by atoms with E-state index in [2.05, 4.69) is 0 Å². The molecule has 0 aromatic heterocycles. The zero-order chi connectivity index (χ0) is 10.1. The van der Waals surface area contributed by atoms with Crippen LogP contribution in [0.3, 0.4) is 0 Å². The smallest absolute Gasteiger partial charge is 0.167 e. The van der Waals surface area contributed by atoms with Gasteiger partial charge in [0, 0.05) is 18.0 Å². The van der Waals surface area contributed by atoms with E-state index in [0.717, 1.165) is 12.5 Å². The number of hydrogen-bond donors (Lipinski definition) is 1. The van der Waals surface area contributed by atoms with E-state index in [1.54, 1.807) is 0 Å². The first-order chi connectivity index (χ1) is 6.66. The van der Waals surface area contributed by atoms with Gasteiger partial charge in [-0.25, -0.2) is 8.78 Å². The summed E-state index contributed by atoms with van der Waals surface area (Å²) < 4.78 is 30.7. The molecular formula is C10H11F2NO. The Morgan fingerprint density at radius 2 is 2.14 bits per heavy atom. The third kappa shape index (κ3) is 2.01. The fourth-order valence-electron chi connectivity index (χ4n) is 1.25. The van der Waals surface area contributed by atoms with Gasteiger partial charge in [0.1, 0.15) is 5.82 Å². The highest BCUT2D eigenvalue weighted by Crippen LogP contribution is 2.29. The van der Waals surface area contributed by atoms with E-state index < -0.39 is 11.6 Å². The number of ether oxygens (including phenoxy) is 1. The molecule has 14 heavy (non-hydrogen) atoms. The summed E-state index contributed by atoms with van der Waals surface area (Å²) in [5, 5.41) is 0. The lowest BCUT2D eigenvalue weighted by Gasteiger charge is -2.05. The van der Waals surface area contributed by atoms with Crippen LogP contribution in [-0.4, -0.2) is 12.6 Å². The van der Waals surface area contributed by atoms with Crippen LogP contribution in [-0.2, 0) is 0 Å². The van der Waals surface area contributed by atoms with Crippen LogP contribution in [0.15, 0.2) is 18.2 Å². The summed E-state index contributed by atoms with van der Waals surface area (Å²) in [6.07, 6.45) is 0.919. The predicted molar refractivity (Wildman–Crippen MR) is 47.9 cm³/mol. The molecule has 0 heterocycles. The lowest BCUT2D eigenvalue weighted by atomic mass is 10.3. The molecule has 2 unspecified atom stereocenters. The van der Waals surface area contributed by atoms with Crippen molar-refractivity contribution in [2.45, 2.75) is 12.5 Å². The Morgan fingerprint density at radius 3 is 2.71 bits per heavy atom. The van der Waals surface area contributed by atoms with Gasteiger partial charge in [-0.1, -0.05) is 0 Å². The lowest BCUT2D eigenvalue weighted by molar-refractivity contribution is 0.282. The zero-order valence-electron chi connectivity index (χ0n) is 7.54. The van der Waals surface area contributed by atoms with Gasteiger partial charge < -0.3 is 10.5 Å². The molecule has 1 aromatic carbocycles. The van der Waals surface area contributed by atoms with E-state index in [4.69, 9.17) is 10.5 Å². The first kappa shape index (κ1) is 9.40. The van der Waals surface area contributed by atoms with Gasteiger partial charge in [-0.15, -0.1) is 0 Å². The van der Waals surface area contributed by atoms with Crippen molar-refractivity contribution in [3.05, 3.63) is 29.8 Å². The summed E-state index contributed by atoms with van der Waals surface area (Å²) in [6.45, 7) is 0.406. The van der Waals surface area contributed by atoms with Crippen LogP contribution < -0.4 is 10.5 Å². The molecule has 2 nitrogen and oxygen atoms in total. The molecule has 2 rings (SSSR count). The number of hydrogen-bond acceptors (Lipinski definition) is 2. The Balaban J connectivity index is 1.95. The summed E-state index contributed by atoms with van der Waals surface area (Å²) in [5.41, 5.74) is 5.56. The highest BCUT2D eigenvalue weighted by molar-refractivity contribution is 5.24. The van der Waals surface area contributed by atoms with Crippen molar-refractivity contribution < 1.29 is 13.5 Å². The number of nitrogens with two attached hydrogens (primary N) is 1. The molecule has 0 aliphatic heterocycles. The maximum Gasteiger partial charge on any atom is 0.167 e. The maximum absolute atomic E-state index is 13.0. The Kier molecular flexibility index (Phi) is 2.37. The molecule has 2 atom stereocenters. The second-order valence-electron chi connectivity index (χ2n) is 3.55. The van der Waals surface area contributed by atoms with Gasteiger partial charge in [-0.2, -0.15) is 0 Å². The van der Waals surface area contributed by atoms with Gasteiger partial charge in [0.2, 0.25) is 0 Å². The average Bonchev–Trinajstić information content (AvgIpc) is 2.80. The van der Waals surface area contributed by atoms with Gasteiger partial charge in [0.15, 0.2) is 11.6 Å². The van der Waals surface area contributed by atoms with Crippen LogP contribution in [0.25, 0.3) is 0 Å². The van der Waals surface area contributed by atoms with Gasteiger partial charge in [-0.3, -0.25) is 0 Å². The highest BCUT2D eigenvalue weighted by atomic mass is 19.1. The van der Waals surface area contributed by atoms with Crippen molar-refractivity contribution in [2.75, 3.05) is 6.61 Å². The summed E-state index contributed by atoms with van der Waals surface area (Å²) in [5.74, 6) is -0.859. The fraction of sp³-hybridized carbons (Fsp3) is 0.400. The molecule has 0 saturated heterocycles. The fourth-order valence-corrected chi connectivity index (χ4v) is 1.25. The van der Waals surface area contributed by atoms with Gasteiger partial charge >= 0.3 is 0 Å². The summed E-state index contributed by atoms with van der Waals surface area (Å²) >= 11 is 0. The second kappa shape index (κ2) is 3.53. The molecule has 0 spiro atoms. The molecule has 1 saturated carbocycles. The molecular weight excluding hydrogens is 188 g/mol. The zero-order valence-corrected chi connectivity index (χ0v) is 7.54. The molecule has 1 aliphatic rings. The van der Waals surface area contributed by atoms with E-state index in [-0.39, 0.29) is 11.8 Å². The molecule has 1 aliphatic carbocycles. The second-order valence-corrected chi connectivity index (χ2v) is 3.55. The minimum Gasteiger partial charge on any atom is -0.490 e. The van der Waals surface area contributed by atoms with Crippen LogP contribution in [0.1, 0.15) is 6.42 Å². The monoisotopic (exact) mass is 199 g/mol. The van der Waals surface area contributed by atoms with E-state index in [9.17, 15) is 8.78 Å². The van der Waals surface area contributed by atoms with E-state index in [0.29, 0.717) is 12.5 Å². The van der Waals surface area contributed by atoms with Crippen molar-refractivity contribution in [1.82, 2.24) is 0 Å². The molecule has 0 radical (unpaired) electrons. The van der Waals surface area contributed by atoms with Crippen molar-refractivity contribution in [1.29, 1.82) is 0 Å². The van der Waals surface area contributed by atoms with Crippen molar-refractivity contribution in [2.24, 2.45) is 11.7 Å². The average molecular weight is 199 g/mol. The molecule has 1 fully saturated rings. The topological polar surface area (TPSA) is 35.2 Å². The number of benzene rings is 1. The molecule has 0 bridgehead atoms. The first-order valence-corrected chi connectivity index (χ1v) is 4.50. The van der Waals surface area contributed by atoms with E-state index in [1.165, 1.54) is 12.1 Å². The van der Waals surface area contributed by atoms with Crippen LogP contribution in [0, 0.1) is 17.6 Å². The Hall–Kier alpha value is -1.16. The minimum absolute atomic E-state index is 0.0884. The Labute approximate surface area is 80.7 Å². The molecule has 2 N–H and O–H groups in total. The van der Waals surface area contributed by atoms with Gasteiger partial charge in [0.05, 0.1) is 6.61 Å². The maximum atomic E-state index is 13.0. The third-order valence-corrected chi connectivity index (χ3v) is 2.32. The van der Waals surface area contributed by atoms with Crippen molar-refractivity contribution in [3.63, 3.8) is 0 Å². The Bertz CT molecular complexity index is 343. The summed E-state index contributed by atoms with van der Waals surface area (Å²) in [4.78, 5) is 0. The number of halogens is 2. The summed E-state index contributed by atoms with van der Waals surface area (Å²) in [7, 11) is 0. The molecule has 4 heteroatoms. The molecule has 76 valence electrons. The summed E-state index contributed by atoms with van der Waals surface area (Å²) in [6, 6.07) is 3.45. The predicted octanol–water partition coefficient (Wildman–Crippen LogP) is 1.69. The first-order valence-electron chi connectivity index (χ1n) is 4.50. The van der Waals surface area contributed by atoms with Crippen LogP contribution in [0.5, 0.6) is 5.75 Å².